The molecule has 0 radical (unpaired) electrons. The summed E-state index contributed by atoms with van der Waals surface area (Å²) < 4.78 is 45.4. The van der Waals surface area contributed by atoms with E-state index in [-0.39, 0.29) is 11.8 Å². The lowest BCUT2D eigenvalue weighted by molar-refractivity contribution is -0.274. The van der Waals surface area contributed by atoms with Crippen molar-refractivity contribution in [3.63, 3.8) is 0 Å². The fourth-order valence-corrected chi connectivity index (χ4v) is 2.05. The van der Waals surface area contributed by atoms with Crippen LogP contribution in [-0.4, -0.2) is 33.1 Å². The fraction of sp³-hybridized carbons (Fsp3) is 0.500. The number of methoxy groups -OCH3 is 1. The van der Waals surface area contributed by atoms with Crippen molar-refractivity contribution in [1.82, 2.24) is 10.6 Å². The Hall–Kier alpha value is -1.47. The summed E-state index contributed by atoms with van der Waals surface area (Å²) in [6, 6.07) is 4.15. The van der Waals surface area contributed by atoms with Crippen molar-refractivity contribution in [2.24, 2.45) is 0 Å². The maximum atomic E-state index is 12.1. The molecule has 0 spiro atoms. The summed E-state index contributed by atoms with van der Waals surface area (Å²) in [5.74, 6) is 0.0971. The van der Waals surface area contributed by atoms with E-state index in [0.29, 0.717) is 12.3 Å². The lowest BCUT2D eigenvalue weighted by Crippen LogP contribution is -2.42. The number of alkyl halides is 3. The van der Waals surface area contributed by atoms with Crippen LogP contribution in [0.15, 0.2) is 18.2 Å². The quantitative estimate of drug-likeness (QED) is 0.884. The van der Waals surface area contributed by atoms with E-state index in [1.54, 1.807) is 6.07 Å². The summed E-state index contributed by atoms with van der Waals surface area (Å²) in [6.45, 7) is 2.37. The van der Waals surface area contributed by atoms with E-state index in [1.165, 1.54) is 19.2 Å². The Morgan fingerprint density at radius 1 is 1.26 bits per heavy atom. The summed E-state index contributed by atoms with van der Waals surface area (Å²) in [4.78, 5) is 0. The zero-order valence-electron chi connectivity index (χ0n) is 10.4. The molecular formula is C12H15F3N2O2. The Morgan fingerprint density at radius 3 is 2.63 bits per heavy atom. The van der Waals surface area contributed by atoms with Crippen molar-refractivity contribution < 1.29 is 22.6 Å². The number of hydrogen-bond donors (Lipinski definition) is 2. The Kier molecular flexibility index (Phi) is 4.16. The Morgan fingerprint density at radius 2 is 2.05 bits per heavy atom. The SMILES string of the molecule is COc1cc(OC(F)(F)F)ccc1[C@@H]1CNCCN1. The van der Waals surface area contributed by atoms with Crippen molar-refractivity contribution >= 4 is 0 Å². The van der Waals surface area contributed by atoms with Crippen LogP contribution in [0, 0.1) is 0 Å². The second-order valence-electron chi connectivity index (χ2n) is 4.16. The molecule has 1 fully saturated rings. The summed E-state index contributed by atoms with van der Waals surface area (Å²) in [6.07, 6.45) is -4.70. The molecule has 4 nitrogen and oxygen atoms in total. The molecule has 0 aliphatic carbocycles. The Balaban J connectivity index is 2.20. The van der Waals surface area contributed by atoms with Gasteiger partial charge in [-0.15, -0.1) is 13.2 Å². The average Bonchev–Trinajstić information content (AvgIpc) is 2.37. The minimum atomic E-state index is -4.70. The van der Waals surface area contributed by atoms with Gasteiger partial charge in [0.2, 0.25) is 0 Å². The van der Waals surface area contributed by atoms with Crippen LogP contribution < -0.4 is 20.1 Å². The van der Waals surface area contributed by atoms with Crippen molar-refractivity contribution in [3.05, 3.63) is 23.8 Å². The zero-order valence-corrected chi connectivity index (χ0v) is 10.4. The van der Waals surface area contributed by atoms with Gasteiger partial charge >= 0.3 is 6.36 Å². The lowest BCUT2D eigenvalue weighted by Gasteiger charge is -2.26. The van der Waals surface area contributed by atoms with Crippen LogP contribution in [0.2, 0.25) is 0 Å². The first-order chi connectivity index (χ1) is 8.99. The standard InChI is InChI=1S/C12H15F3N2O2/c1-18-11-6-8(19-12(13,14)15)2-3-9(11)10-7-16-4-5-17-10/h2-3,6,10,16-17H,4-5,7H2,1H3/t10-/m0/s1. The number of nitrogens with one attached hydrogen (secondary N) is 2. The number of rotatable bonds is 3. The van der Waals surface area contributed by atoms with Crippen LogP contribution in [0.1, 0.15) is 11.6 Å². The van der Waals surface area contributed by atoms with Gasteiger partial charge in [-0.2, -0.15) is 0 Å². The maximum absolute atomic E-state index is 12.1. The second kappa shape index (κ2) is 5.66. The average molecular weight is 276 g/mol. The molecule has 2 rings (SSSR count). The highest BCUT2D eigenvalue weighted by Crippen LogP contribution is 2.32. The molecule has 1 saturated heterocycles. The summed E-state index contributed by atoms with van der Waals surface area (Å²) in [5, 5.41) is 6.48. The fourth-order valence-electron chi connectivity index (χ4n) is 2.05. The first-order valence-electron chi connectivity index (χ1n) is 5.87. The Bertz CT molecular complexity index is 431. The molecule has 1 aromatic rings. The molecule has 1 heterocycles. The largest absolute Gasteiger partial charge is 0.573 e. The molecule has 0 unspecified atom stereocenters. The second-order valence-corrected chi connectivity index (χ2v) is 4.16. The van der Waals surface area contributed by atoms with Gasteiger partial charge in [-0.3, -0.25) is 0 Å². The van der Waals surface area contributed by atoms with Gasteiger partial charge in [-0.1, -0.05) is 6.07 Å². The van der Waals surface area contributed by atoms with Gasteiger partial charge in [0.05, 0.1) is 7.11 Å². The van der Waals surface area contributed by atoms with Crippen molar-refractivity contribution in [2.45, 2.75) is 12.4 Å². The molecule has 1 aromatic carbocycles. The van der Waals surface area contributed by atoms with E-state index in [0.717, 1.165) is 18.7 Å². The van der Waals surface area contributed by atoms with E-state index in [2.05, 4.69) is 15.4 Å². The van der Waals surface area contributed by atoms with Crippen molar-refractivity contribution in [3.8, 4) is 11.5 Å². The number of benzene rings is 1. The highest BCUT2D eigenvalue weighted by molar-refractivity contribution is 5.43. The molecule has 7 heteroatoms. The molecule has 2 N–H and O–H groups in total. The molecule has 0 amide bonds. The molecule has 1 aliphatic heterocycles. The predicted octanol–water partition coefficient (Wildman–Crippen LogP) is 1.83. The monoisotopic (exact) mass is 276 g/mol. The van der Waals surface area contributed by atoms with Gasteiger partial charge in [-0.25, -0.2) is 0 Å². The smallest absolute Gasteiger partial charge is 0.496 e. The van der Waals surface area contributed by atoms with Gasteiger partial charge in [-0.05, 0) is 6.07 Å². The molecule has 106 valence electrons. The minimum absolute atomic E-state index is 0.0173. The molecule has 19 heavy (non-hydrogen) atoms. The molecule has 0 bridgehead atoms. The summed E-state index contributed by atoms with van der Waals surface area (Å²) in [5.41, 5.74) is 0.809. The third kappa shape index (κ3) is 3.74. The van der Waals surface area contributed by atoms with Gasteiger partial charge < -0.3 is 20.1 Å². The van der Waals surface area contributed by atoms with Gasteiger partial charge in [0.25, 0.3) is 0 Å². The van der Waals surface area contributed by atoms with Crippen LogP contribution in [0.25, 0.3) is 0 Å². The normalized spacial score (nSPS) is 20.1. The molecule has 0 saturated carbocycles. The molecule has 1 aliphatic rings. The highest BCUT2D eigenvalue weighted by atomic mass is 19.4. The lowest BCUT2D eigenvalue weighted by atomic mass is 10.0. The zero-order chi connectivity index (χ0) is 13.9. The predicted molar refractivity (Wildman–Crippen MR) is 63.3 cm³/mol. The van der Waals surface area contributed by atoms with Gasteiger partial charge in [0, 0.05) is 37.3 Å². The molecule has 1 atom stereocenters. The van der Waals surface area contributed by atoms with Crippen molar-refractivity contribution in [2.75, 3.05) is 26.7 Å². The first kappa shape index (κ1) is 14.0. The topological polar surface area (TPSA) is 42.5 Å². The first-order valence-corrected chi connectivity index (χ1v) is 5.87. The van der Waals surface area contributed by atoms with E-state index in [1.807, 2.05) is 0 Å². The van der Waals surface area contributed by atoms with Gasteiger partial charge in [0.15, 0.2) is 0 Å². The minimum Gasteiger partial charge on any atom is -0.496 e. The van der Waals surface area contributed by atoms with E-state index in [9.17, 15) is 13.2 Å². The number of hydrogen-bond acceptors (Lipinski definition) is 4. The summed E-state index contributed by atoms with van der Waals surface area (Å²) in [7, 11) is 1.42. The highest BCUT2D eigenvalue weighted by Gasteiger charge is 2.31. The number of ether oxygens (including phenoxy) is 2. The number of piperazine rings is 1. The van der Waals surface area contributed by atoms with Crippen LogP contribution in [0.5, 0.6) is 11.5 Å². The van der Waals surface area contributed by atoms with Crippen LogP contribution in [-0.2, 0) is 0 Å². The van der Waals surface area contributed by atoms with Gasteiger partial charge in [0.1, 0.15) is 11.5 Å². The third-order valence-corrected chi connectivity index (χ3v) is 2.85. The Labute approximate surface area is 108 Å². The van der Waals surface area contributed by atoms with Crippen LogP contribution in [0.3, 0.4) is 0 Å². The van der Waals surface area contributed by atoms with Crippen LogP contribution in [0.4, 0.5) is 13.2 Å². The molecule has 0 aromatic heterocycles. The van der Waals surface area contributed by atoms with E-state index >= 15 is 0 Å². The van der Waals surface area contributed by atoms with E-state index < -0.39 is 6.36 Å². The maximum Gasteiger partial charge on any atom is 0.573 e. The summed E-state index contributed by atoms with van der Waals surface area (Å²) >= 11 is 0. The van der Waals surface area contributed by atoms with E-state index in [4.69, 9.17) is 4.74 Å². The third-order valence-electron chi connectivity index (χ3n) is 2.85. The number of halogens is 3. The van der Waals surface area contributed by atoms with Crippen LogP contribution >= 0.6 is 0 Å². The van der Waals surface area contributed by atoms with Crippen molar-refractivity contribution in [1.29, 1.82) is 0 Å². The molecular weight excluding hydrogens is 261 g/mol.